The maximum absolute atomic E-state index is 13.9. The molecule has 4 rings (SSSR count). The van der Waals surface area contributed by atoms with Crippen LogP contribution in [0.5, 0.6) is 23.0 Å². The molecule has 0 radical (unpaired) electrons. The Kier molecular flexibility index (Phi) is 12.2. The molecule has 0 aliphatic rings. The molecule has 14 heteroatoms. The lowest BCUT2D eigenvalue weighted by atomic mass is 10.1. The Morgan fingerprint density at radius 2 is 1.52 bits per heavy atom. The molecular formula is C34H35ClN4O8S. The standard InChI is InChI=1S/C34H35ClN4O8S/c1-23(25-8-6-5-7-9-25)37-34(41)22-47-27-13-10-24(11-14-27)20-36-38-33(40)21-39(29-18-26(35)12-16-30(29)44-2)48(42,43)28-15-17-31(45-3)32(19-28)46-4/h5-20,23H,21-22H2,1-4H3,(H,37,41)(H,38,40)/b36-20-/t23-/m1/s1. The highest BCUT2D eigenvalue weighted by molar-refractivity contribution is 7.92. The number of anilines is 1. The summed E-state index contributed by atoms with van der Waals surface area (Å²) in [6.07, 6.45) is 1.38. The zero-order valence-electron chi connectivity index (χ0n) is 26.7. The van der Waals surface area contributed by atoms with Crippen LogP contribution in [-0.2, 0) is 19.6 Å². The Bertz CT molecular complexity index is 1860. The summed E-state index contributed by atoms with van der Waals surface area (Å²) in [7, 11) is -0.188. The lowest BCUT2D eigenvalue weighted by Crippen LogP contribution is -2.39. The van der Waals surface area contributed by atoms with Crippen LogP contribution >= 0.6 is 11.6 Å². The third kappa shape index (κ3) is 9.17. The molecule has 48 heavy (non-hydrogen) atoms. The van der Waals surface area contributed by atoms with Crippen LogP contribution in [0.15, 0.2) is 101 Å². The van der Waals surface area contributed by atoms with Crippen LogP contribution < -0.4 is 34.0 Å². The van der Waals surface area contributed by atoms with E-state index in [1.807, 2.05) is 37.3 Å². The second-order valence-electron chi connectivity index (χ2n) is 10.2. The molecule has 0 aliphatic carbocycles. The van der Waals surface area contributed by atoms with Gasteiger partial charge in [0.1, 0.15) is 18.0 Å². The number of nitrogens with one attached hydrogen (secondary N) is 2. The topological polar surface area (TPSA) is 145 Å². The largest absolute Gasteiger partial charge is 0.495 e. The van der Waals surface area contributed by atoms with Gasteiger partial charge in [0.15, 0.2) is 18.1 Å². The average molecular weight is 695 g/mol. The molecule has 12 nitrogen and oxygen atoms in total. The van der Waals surface area contributed by atoms with Gasteiger partial charge in [-0.15, -0.1) is 0 Å². The van der Waals surface area contributed by atoms with Gasteiger partial charge in [0.2, 0.25) is 0 Å². The Morgan fingerprint density at radius 1 is 0.854 bits per heavy atom. The zero-order valence-corrected chi connectivity index (χ0v) is 28.2. The number of hydrazone groups is 1. The van der Waals surface area contributed by atoms with E-state index >= 15 is 0 Å². The fourth-order valence-corrected chi connectivity index (χ4v) is 6.12. The van der Waals surface area contributed by atoms with Crippen molar-refractivity contribution in [2.75, 3.05) is 38.8 Å². The summed E-state index contributed by atoms with van der Waals surface area (Å²) >= 11 is 6.21. The van der Waals surface area contributed by atoms with Crippen LogP contribution in [0.1, 0.15) is 24.1 Å². The van der Waals surface area contributed by atoms with Crippen molar-refractivity contribution in [1.29, 1.82) is 0 Å². The van der Waals surface area contributed by atoms with Crippen molar-refractivity contribution < 1.29 is 37.0 Å². The minimum atomic E-state index is -4.37. The van der Waals surface area contributed by atoms with Gasteiger partial charge in [-0.05, 0) is 72.6 Å². The van der Waals surface area contributed by atoms with E-state index in [-0.39, 0.29) is 45.7 Å². The molecule has 4 aromatic rings. The molecule has 0 aliphatic heterocycles. The predicted octanol–water partition coefficient (Wildman–Crippen LogP) is 4.97. The van der Waals surface area contributed by atoms with Crippen molar-refractivity contribution in [2.45, 2.75) is 17.9 Å². The normalized spacial score (nSPS) is 11.8. The molecule has 4 aromatic carbocycles. The smallest absolute Gasteiger partial charge is 0.265 e. The molecule has 0 heterocycles. The Labute approximate surface area is 284 Å². The number of hydrogen-bond donors (Lipinski definition) is 2. The molecule has 0 saturated heterocycles. The second kappa shape index (κ2) is 16.5. The van der Waals surface area contributed by atoms with Gasteiger partial charge in [0.25, 0.3) is 21.8 Å². The van der Waals surface area contributed by atoms with Gasteiger partial charge >= 0.3 is 0 Å². The van der Waals surface area contributed by atoms with Crippen molar-refractivity contribution in [3.05, 3.63) is 107 Å². The van der Waals surface area contributed by atoms with Crippen molar-refractivity contribution in [3.8, 4) is 23.0 Å². The molecule has 1 atom stereocenters. The van der Waals surface area contributed by atoms with Crippen LogP contribution in [0.2, 0.25) is 5.02 Å². The van der Waals surface area contributed by atoms with Gasteiger partial charge in [-0.25, -0.2) is 13.8 Å². The molecule has 0 aromatic heterocycles. The summed E-state index contributed by atoms with van der Waals surface area (Å²) in [5.41, 5.74) is 3.99. The van der Waals surface area contributed by atoms with Crippen molar-refractivity contribution in [3.63, 3.8) is 0 Å². The number of amides is 2. The highest BCUT2D eigenvalue weighted by atomic mass is 35.5. The molecule has 2 N–H and O–H groups in total. The van der Waals surface area contributed by atoms with Crippen LogP contribution in [0.25, 0.3) is 0 Å². The minimum absolute atomic E-state index is 0.0395. The van der Waals surface area contributed by atoms with Crippen molar-refractivity contribution in [2.24, 2.45) is 5.10 Å². The Morgan fingerprint density at radius 3 is 2.19 bits per heavy atom. The maximum atomic E-state index is 13.9. The lowest BCUT2D eigenvalue weighted by molar-refractivity contribution is -0.123. The van der Waals surface area contributed by atoms with Crippen molar-refractivity contribution >= 4 is 45.3 Å². The summed E-state index contributed by atoms with van der Waals surface area (Å²) in [5, 5.41) is 7.09. The third-order valence-electron chi connectivity index (χ3n) is 6.97. The molecular weight excluding hydrogens is 660 g/mol. The van der Waals surface area contributed by atoms with Crippen LogP contribution in [0.3, 0.4) is 0 Å². The number of rotatable bonds is 15. The minimum Gasteiger partial charge on any atom is -0.495 e. The highest BCUT2D eigenvalue weighted by Crippen LogP contribution is 2.37. The summed E-state index contributed by atoms with van der Waals surface area (Å²) in [4.78, 5) is 25.2. The number of nitrogens with zero attached hydrogens (tertiary/aromatic N) is 2. The zero-order chi connectivity index (χ0) is 34.7. The quantitative estimate of drug-likeness (QED) is 0.131. The fraction of sp³-hybridized carbons (Fsp3) is 0.206. The lowest BCUT2D eigenvalue weighted by Gasteiger charge is -2.25. The van der Waals surface area contributed by atoms with Crippen LogP contribution in [0.4, 0.5) is 5.69 Å². The number of halogens is 1. The van der Waals surface area contributed by atoms with Gasteiger partial charge in [0.05, 0.1) is 44.2 Å². The van der Waals surface area contributed by atoms with Gasteiger partial charge in [-0.3, -0.25) is 13.9 Å². The molecule has 0 saturated carbocycles. The first kappa shape index (κ1) is 35.6. The number of hydrogen-bond acceptors (Lipinski definition) is 9. The molecule has 0 fully saturated rings. The number of benzene rings is 4. The molecule has 0 unspecified atom stereocenters. The van der Waals surface area contributed by atoms with E-state index in [9.17, 15) is 18.0 Å². The average Bonchev–Trinajstić information content (AvgIpc) is 3.10. The first-order valence-corrected chi connectivity index (χ1v) is 16.3. The number of carbonyl (C=O) groups excluding carboxylic acids is 2. The number of methoxy groups -OCH3 is 3. The highest BCUT2D eigenvalue weighted by Gasteiger charge is 2.30. The van der Waals surface area contributed by atoms with E-state index in [2.05, 4.69) is 15.8 Å². The Hall–Kier alpha value is -5.27. The summed E-state index contributed by atoms with van der Waals surface area (Å²) in [5.74, 6) is 0.137. The SMILES string of the molecule is COc1ccc(S(=O)(=O)N(CC(=O)N/N=C\c2ccc(OCC(=O)N[C@H](C)c3ccccc3)cc2)c2cc(Cl)ccc2OC)cc1OC. The van der Waals surface area contributed by atoms with E-state index in [1.54, 1.807) is 24.3 Å². The Balaban J connectivity index is 1.42. The van der Waals surface area contributed by atoms with Crippen LogP contribution in [0, 0.1) is 0 Å². The fourth-order valence-electron chi connectivity index (χ4n) is 4.51. The number of sulfonamides is 1. The van der Waals surface area contributed by atoms with E-state index in [0.29, 0.717) is 17.1 Å². The second-order valence-corrected chi connectivity index (χ2v) is 12.5. The van der Waals surface area contributed by atoms with E-state index in [4.69, 9.17) is 30.5 Å². The molecule has 0 spiro atoms. The summed E-state index contributed by atoms with van der Waals surface area (Å²) < 4.78 is 50.2. The van der Waals surface area contributed by atoms with Gasteiger partial charge in [0, 0.05) is 11.1 Å². The van der Waals surface area contributed by atoms with E-state index in [0.717, 1.165) is 9.87 Å². The third-order valence-corrected chi connectivity index (χ3v) is 8.96. The summed E-state index contributed by atoms with van der Waals surface area (Å²) in [6, 6.07) is 24.6. The van der Waals surface area contributed by atoms with E-state index < -0.39 is 22.5 Å². The molecule has 252 valence electrons. The first-order valence-electron chi connectivity index (χ1n) is 14.5. The van der Waals surface area contributed by atoms with Gasteiger partial charge in [-0.1, -0.05) is 41.9 Å². The first-order chi connectivity index (χ1) is 23.0. The molecule has 0 bridgehead atoms. The maximum Gasteiger partial charge on any atom is 0.265 e. The summed E-state index contributed by atoms with van der Waals surface area (Å²) in [6.45, 7) is 1.06. The van der Waals surface area contributed by atoms with Crippen molar-refractivity contribution in [1.82, 2.24) is 10.7 Å². The predicted molar refractivity (Wildman–Crippen MR) is 183 cm³/mol. The van der Waals surface area contributed by atoms with Gasteiger partial charge in [-0.2, -0.15) is 5.10 Å². The monoisotopic (exact) mass is 694 g/mol. The van der Waals surface area contributed by atoms with Crippen LogP contribution in [-0.4, -0.2) is 60.9 Å². The van der Waals surface area contributed by atoms with E-state index in [1.165, 1.54) is 63.9 Å². The number of ether oxygens (including phenoxy) is 4. The van der Waals surface area contributed by atoms with Gasteiger partial charge < -0.3 is 24.3 Å². The molecule has 2 amide bonds. The number of carbonyl (C=O) groups is 2.